The fourth-order valence-electron chi connectivity index (χ4n) is 4.94. The van der Waals surface area contributed by atoms with Crippen LogP contribution in [0.5, 0.6) is 0 Å². The van der Waals surface area contributed by atoms with E-state index in [9.17, 15) is 14.4 Å². The normalized spacial score (nSPS) is 19.9. The monoisotopic (exact) mass is 452 g/mol. The van der Waals surface area contributed by atoms with Gasteiger partial charge in [0.1, 0.15) is 12.6 Å². The van der Waals surface area contributed by atoms with Crippen LogP contribution in [0.3, 0.4) is 0 Å². The van der Waals surface area contributed by atoms with Crippen LogP contribution >= 0.6 is 0 Å². The van der Waals surface area contributed by atoms with Crippen LogP contribution in [0.1, 0.15) is 42.7 Å². The average Bonchev–Trinajstić information content (AvgIpc) is 3.37. The Morgan fingerprint density at radius 3 is 2.24 bits per heavy atom. The molecule has 2 aliphatic carbocycles. The van der Waals surface area contributed by atoms with Crippen LogP contribution in [0.2, 0.25) is 0 Å². The molecule has 33 heavy (non-hydrogen) atoms. The molecule has 8 nitrogen and oxygen atoms in total. The predicted octanol–water partition coefficient (Wildman–Crippen LogP) is 2.65. The van der Waals surface area contributed by atoms with E-state index in [0.717, 1.165) is 41.5 Å². The van der Waals surface area contributed by atoms with Gasteiger partial charge in [-0.15, -0.1) is 0 Å². The highest BCUT2D eigenvalue weighted by Crippen LogP contribution is 2.44. The molecule has 1 saturated carbocycles. The number of benzene rings is 2. The van der Waals surface area contributed by atoms with Gasteiger partial charge in [-0.05, 0) is 41.0 Å². The number of nitrogens with one attached hydrogen (secondary N) is 2. The zero-order chi connectivity index (χ0) is 23.4. The van der Waals surface area contributed by atoms with Gasteiger partial charge in [0.2, 0.25) is 5.91 Å². The molecule has 1 fully saturated rings. The summed E-state index contributed by atoms with van der Waals surface area (Å²) in [5.41, 5.74) is 4.59. The molecule has 0 spiro atoms. The number of aliphatic carboxylic acids is 1. The van der Waals surface area contributed by atoms with Gasteiger partial charge >= 0.3 is 12.1 Å². The number of aliphatic hydroxyl groups is 1. The van der Waals surface area contributed by atoms with Crippen LogP contribution in [0, 0.1) is 5.92 Å². The number of carbonyl (C=O) groups is 3. The third-order valence-corrected chi connectivity index (χ3v) is 6.57. The summed E-state index contributed by atoms with van der Waals surface area (Å²) >= 11 is 0. The van der Waals surface area contributed by atoms with Gasteiger partial charge in [-0.3, -0.25) is 4.79 Å². The number of aliphatic hydroxyl groups excluding tert-OH is 1. The number of carboxylic acids is 1. The molecule has 174 valence electrons. The minimum atomic E-state index is -1.33. The largest absolute Gasteiger partial charge is 0.480 e. The van der Waals surface area contributed by atoms with Crippen LogP contribution in [-0.2, 0) is 14.3 Å². The molecule has 2 aliphatic rings. The number of alkyl carbamates (subject to hydrolysis) is 1. The number of ether oxygens (including phenoxy) is 1. The van der Waals surface area contributed by atoms with Crippen molar-refractivity contribution >= 4 is 18.0 Å². The first-order valence-electron chi connectivity index (χ1n) is 11.2. The van der Waals surface area contributed by atoms with Gasteiger partial charge < -0.3 is 25.6 Å². The molecule has 2 aromatic carbocycles. The lowest BCUT2D eigenvalue weighted by atomic mass is 9.98. The Kier molecular flexibility index (Phi) is 6.93. The molecule has 4 N–H and O–H groups in total. The van der Waals surface area contributed by atoms with Crippen LogP contribution in [0.4, 0.5) is 4.79 Å². The van der Waals surface area contributed by atoms with Gasteiger partial charge in [-0.2, -0.15) is 0 Å². The summed E-state index contributed by atoms with van der Waals surface area (Å²) < 4.78 is 5.61. The first-order valence-corrected chi connectivity index (χ1v) is 11.2. The van der Waals surface area contributed by atoms with Crippen molar-refractivity contribution in [1.29, 1.82) is 0 Å². The van der Waals surface area contributed by atoms with Crippen molar-refractivity contribution in [2.45, 2.75) is 43.7 Å². The molecule has 8 heteroatoms. The summed E-state index contributed by atoms with van der Waals surface area (Å²) in [4.78, 5) is 35.8. The number of hydrogen-bond acceptors (Lipinski definition) is 5. The maximum absolute atomic E-state index is 12.6. The third-order valence-electron chi connectivity index (χ3n) is 6.57. The number of carbonyl (C=O) groups excluding carboxylic acids is 2. The highest BCUT2D eigenvalue weighted by molar-refractivity contribution is 5.84. The molecular formula is C25H28N2O6. The quantitative estimate of drug-likeness (QED) is 0.488. The first-order chi connectivity index (χ1) is 16.0. The van der Waals surface area contributed by atoms with Crippen molar-refractivity contribution in [2.24, 2.45) is 5.92 Å². The van der Waals surface area contributed by atoms with E-state index in [0.29, 0.717) is 0 Å². The summed E-state index contributed by atoms with van der Waals surface area (Å²) in [6, 6.07) is 14.7. The summed E-state index contributed by atoms with van der Waals surface area (Å²) in [6.07, 6.45) is 1.89. The Bertz CT molecular complexity index is 994. The van der Waals surface area contributed by atoms with E-state index in [2.05, 4.69) is 34.9 Å². The summed E-state index contributed by atoms with van der Waals surface area (Å²) in [5, 5.41) is 23.3. The summed E-state index contributed by atoms with van der Waals surface area (Å²) in [7, 11) is 0. The van der Waals surface area contributed by atoms with Crippen LogP contribution in [0.15, 0.2) is 48.5 Å². The maximum atomic E-state index is 12.6. The molecule has 2 unspecified atom stereocenters. The SMILES string of the molecule is O=C(CC1CCCC1NC(=O)OCC1c2ccccc2-c2ccccc21)N[C@H](CO)C(=O)O. The van der Waals surface area contributed by atoms with Gasteiger partial charge in [0.05, 0.1) is 6.61 Å². The Hall–Kier alpha value is -3.39. The molecule has 3 atom stereocenters. The Labute approximate surface area is 192 Å². The van der Waals surface area contributed by atoms with Crippen molar-refractivity contribution in [3.05, 3.63) is 59.7 Å². The van der Waals surface area contributed by atoms with Crippen molar-refractivity contribution in [3.8, 4) is 11.1 Å². The zero-order valence-corrected chi connectivity index (χ0v) is 18.2. The second-order valence-corrected chi connectivity index (χ2v) is 8.61. The molecule has 0 aliphatic heterocycles. The van der Waals surface area contributed by atoms with Crippen LogP contribution in [-0.4, -0.2) is 53.5 Å². The molecule has 0 radical (unpaired) electrons. The van der Waals surface area contributed by atoms with E-state index in [1.165, 1.54) is 0 Å². The minimum Gasteiger partial charge on any atom is -0.480 e. The van der Waals surface area contributed by atoms with Gasteiger partial charge in [0.25, 0.3) is 0 Å². The standard InChI is InChI=1S/C25H28N2O6/c28-13-22(24(30)31)26-23(29)12-15-6-5-11-21(15)27-25(32)33-14-20-18-9-3-1-7-16(18)17-8-2-4-10-19(17)20/h1-4,7-10,15,20-22,28H,5-6,11-14H2,(H,26,29)(H,27,32)(H,30,31)/t15?,21?,22-/m1/s1. The number of fused-ring (bicyclic) bond motifs is 3. The van der Waals surface area contributed by atoms with Gasteiger partial charge in [0, 0.05) is 18.4 Å². The van der Waals surface area contributed by atoms with E-state index in [1.807, 2.05) is 24.3 Å². The van der Waals surface area contributed by atoms with Gasteiger partial charge in [-0.25, -0.2) is 9.59 Å². The highest BCUT2D eigenvalue weighted by Gasteiger charge is 2.33. The minimum absolute atomic E-state index is 0.0280. The van der Waals surface area contributed by atoms with Crippen molar-refractivity contribution in [3.63, 3.8) is 0 Å². The zero-order valence-electron chi connectivity index (χ0n) is 18.2. The van der Waals surface area contributed by atoms with E-state index >= 15 is 0 Å². The van der Waals surface area contributed by atoms with Crippen LogP contribution < -0.4 is 10.6 Å². The van der Waals surface area contributed by atoms with Gasteiger partial charge in [-0.1, -0.05) is 55.0 Å². The number of carboxylic acid groups (broad SMARTS) is 1. The summed E-state index contributed by atoms with van der Waals surface area (Å²) in [5.74, 6) is -1.88. The lowest BCUT2D eigenvalue weighted by Crippen LogP contribution is -2.45. The Balaban J connectivity index is 1.33. The fourth-order valence-corrected chi connectivity index (χ4v) is 4.94. The van der Waals surface area contributed by atoms with E-state index in [4.69, 9.17) is 14.9 Å². The summed E-state index contributed by atoms with van der Waals surface area (Å²) in [6.45, 7) is -0.457. The second-order valence-electron chi connectivity index (χ2n) is 8.61. The Morgan fingerprint density at radius 2 is 1.64 bits per heavy atom. The molecule has 2 aromatic rings. The number of hydrogen-bond donors (Lipinski definition) is 4. The smallest absolute Gasteiger partial charge is 0.407 e. The van der Waals surface area contributed by atoms with Crippen molar-refractivity contribution in [2.75, 3.05) is 13.2 Å². The molecule has 2 amide bonds. The van der Waals surface area contributed by atoms with E-state index in [1.54, 1.807) is 0 Å². The predicted molar refractivity (Wildman–Crippen MR) is 121 cm³/mol. The molecule has 0 bridgehead atoms. The maximum Gasteiger partial charge on any atom is 0.407 e. The molecule has 0 aromatic heterocycles. The third kappa shape index (κ3) is 5.01. The molecule has 0 heterocycles. The van der Waals surface area contributed by atoms with Crippen molar-refractivity contribution in [1.82, 2.24) is 10.6 Å². The topological polar surface area (TPSA) is 125 Å². The first kappa shape index (κ1) is 22.8. The van der Waals surface area contributed by atoms with Gasteiger partial charge in [0.15, 0.2) is 0 Å². The average molecular weight is 453 g/mol. The molecule has 0 saturated heterocycles. The lowest BCUT2D eigenvalue weighted by Gasteiger charge is -2.22. The van der Waals surface area contributed by atoms with Crippen molar-refractivity contribution < 1.29 is 29.3 Å². The second kappa shape index (κ2) is 10.0. The number of rotatable bonds is 8. The van der Waals surface area contributed by atoms with E-state index < -0.39 is 30.6 Å². The fraction of sp³-hybridized carbons (Fsp3) is 0.400. The molecular weight excluding hydrogens is 424 g/mol. The molecule has 4 rings (SSSR count). The number of amides is 2. The Morgan fingerprint density at radius 1 is 1.00 bits per heavy atom. The highest BCUT2D eigenvalue weighted by atomic mass is 16.5. The lowest BCUT2D eigenvalue weighted by molar-refractivity contribution is -0.143. The van der Waals surface area contributed by atoms with Crippen LogP contribution in [0.25, 0.3) is 11.1 Å². The van der Waals surface area contributed by atoms with E-state index in [-0.39, 0.29) is 30.9 Å².